The first kappa shape index (κ1) is 25.9. The average Bonchev–Trinajstić information content (AvgIpc) is 2.90. The largest absolute Gasteiger partial charge is 0.508 e. The zero-order valence-electron chi connectivity index (χ0n) is 20.7. The summed E-state index contributed by atoms with van der Waals surface area (Å²) in [5, 5.41) is 57.9. The van der Waals surface area contributed by atoms with E-state index in [1.54, 1.807) is 13.0 Å². The lowest BCUT2D eigenvalue weighted by Gasteiger charge is -2.19. The van der Waals surface area contributed by atoms with Gasteiger partial charge in [-0.05, 0) is 61.0 Å². The lowest BCUT2D eigenvalue weighted by Crippen LogP contribution is -2.21. The first-order chi connectivity index (χ1) is 19.0. The standard InChI is InChI=1S/C15H10O6.C15H10O4/c16-8-2-3-9-12(6-8)21-15(14(20)13(9)19)7-1-4-10(17)11(18)5-7;1-7-5-9-13(11(17)6-7)15(19)12-8(14(9)18)3-2-4-10(12)16/h1-6,16-18,20H;2-6,16-17H,1H3. The zero-order valence-corrected chi connectivity index (χ0v) is 20.7. The highest BCUT2D eigenvalue weighted by Crippen LogP contribution is 2.37. The molecule has 0 bridgehead atoms. The molecule has 6 N–H and O–H groups in total. The molecule has 5 aromatic rings. The first-order valence-electron chi connectivity index (χ1n) is 11.7. The van der Waals surface area contributed by atoms with Gasteiger partial charge in [-0.15, -0.1) is 0 Å². The normalized spacial score (nSPS) is 11.9. The van der Waals surface area contributed by atoms with E-state index in [2.05, 4.69) is 0 Å². The number of aryl methyl sites for hydroxylation is 1. The van der Waals surface area contributed by atoms with Crippen LogP contribution in [0.1, 0.15) is 37.4 Å². The molecule has 1 aromatic heterocycles. The first-order valence-corrected chi connectivity index (χ1v) is 11.7. The van der Waals surface area contributed by atoms with Crippen molar-refractivity contribution in [1.29, 1.82) is 0 Å². The third-order valence-corrected chi connectivity index (χ3v) is 6.34. The molecule has 4 aromatic carbocycles. The summed E-state index contributed by atoms with van der Waals surface area (Å²) in [5.74, 6) is -2.98. The number of phenols is 5. The van der Waals surface area contributed by atoms with Gasteiger partial charge in [0.1, 0.15) is 22.8 Å². The second-order valence-electron chi connectivity index (χ2n) is 9.06. The molecule has 10 nitrogen and oxygen atoms in total. The molecule has 200 valence electrons. The Morgan fingerprint density at radius 1 is 0.625 bits per heavy atom. The van der Waals surface area contributed by atoms with Crippen LogP contribution in [0.15, 0.2) is 75.9 Å². The molecule has 40 heavy (non-hydrogen) atoms. The van der Waals surface area contributed by atoms with Gasteiger partial charge in [-0.2, -0.15) is 0 Å². The molecule has 0 atom stereocenters. The van der Waals surface area contributed by atoms with Crippen molar-refractivity contribution in [2.45, 2.75) is 6.92 Å². The summed E-state index contributed by atoms with van der Waals surface area (Å²) in [6.07, 6.45) is 0. The number of aromatic hydroxyl groups is 6. The Morgan fingerprint density at radius 2 is 1.35 bits per heavy atom. The number of ketones is 2. The molecule has 0 spiro atoms. The van der Waals surface area contributed by atoms with E-state index in [1.165, 1.54) is 54.6 Å². The maximum Gasteiger partial charge on any atom is 0.235 e. The second-order valence-corrected chi connectivity index (χ2v) is 9.06. The molecule has 0 amide bonds. The van der Waals surface area contributed by atoms with Crippen LogP contribution in [-0.2, 0) is 0 Å². The maximum atomic E-state index is 12.3. The van der Waals surface area contributed by atoms with Gasteiger partial charge in [-0.25, -0.2) is 0 Å². The smallest absolute Gasteiger partial charge is 0.235 e. The SMILES string of the molecule is Cc1cc(O)c2c(c1)C(=O)c1cccc(O)c1C2=O.O=c1c(O)c(-c2ccc(O)c(O)c2)oc2cc(O)ccc12. The van der Waals surface area contributed by atoms with Crippen LogP contribution < -0.4 is 5.43 Å². The van der Waals surface area contributed by atoms with Crippen molar-refractivity contribution in [3.05, 3.63) is 105 Å². The molecule has 0 radical (unpaired) electrons. The quantitative estimate of drug-likeness (QED) is 0.163. The molecule has 0 saturated heterocycles. The van der Waals surface area contributed by atoms with Crippen LogP contribution >= 0.6 is 0 Å². The summed E-state index contributed by atoms with van der Waals surface area (Å²) >= 11 is 0. The average molecular weight is 540 g/mol. The minimum atomic E-state index is -0.654. The van der Waals surface area contributed by atoms with Crippen molar-refractivity contribution < 1.29 is 44.6 Å². The minimum Gasteiger partial charge on any atom is -0.508 e. The van der Waals surface area contributed by atoms with E-state index < -0.39 is 22.7 Å². The lowest BCUT2D eigenvalue weighted by molar-refractivity contribution is 0.0974. The van der Waals surface area contributed by atoms with E-state index >= 15 is 0 Å². The third-order valence-electron chi connectivity index (χ3n) is 6.34. The Morgan fingerprint density at radius 3 is 2.08 bits per heavy atom. The van der Waals surface area contributed by atoms with Crippen LogP contribution in [0.4, 0.5) is 0 Å². The Balaban J connectivity index is 0.000000162. The third kappa shape index (κ3) is 4.23. The van der Waals surface area contributed by atoms with Crippen LogP contribution in [0.3, 0.4) is 0 Å². The Labute approximate surface area is 224 Å². The Bertz CT molecular complexity index is 1930. The number of hydrogen-bond donors (Lipinski definition) is 6. The predicted octanol–water partition coefficient (Wildman–Crippen LogP) is 4.46. The highest BCUT2D eigenvalue weighted by molar-refractivity contribution is 6.30. The topological polar surface area (TPSA) is 186 Å². The van der Waals surface area contributed by atoms with E-state index in [0.717, 1.165) is 6.07 Å². The Hall–Kier alpha value is -5.77. The number of hydrogen-bond acceptors (Lipinski definition) is 10. The summed E-state index contributed by atoms with van der Waals surface area (Å²) in [4.78, 5) is 36.8. The van der Waals surface area contributed by atoms with Gasteiger partial charge in [0.25, 0.3) is 0 Å². The summed E-state index contributed by atoms with van der Waals surface area (Å²) in [7, 11) is 0. The van der Waals surface area contributed by atoms with Crippen LogP contribution in [0.2, 0.25) is 0 Å². The van der Waals surface area contributed by atoms with Crippen LogP contribution in [0.25, 0.3) is 22.3 Å². The van der Waals surface area contributed by atoms with E-state index in [1.807, 2.05) is 0 Å². The van der Waals surface area contributed by atoms with Crippen molar-refractivity contribution >= 4 is 22.5 Å². The number of carbonyl (C=O) groups excluding carboxylic acids is 2. The van der Waals surface area contributed by atoms with Crippen LogP contribution in [-0.4, -0.2) is 42.2 Å². The molecular formula is C30H20O10. The zero-order chi connectivity index (χ0) is 28.9. The lowest BCUT2D eigenvalue weighted by atomic mass is 9.82. The highest BCUT2D eigenvalue weighted by Gasteiger charge is 2.34. The fraction of sp³-hybridized carbons (Fsp3) is 0.0333. The monoisotopic (exact) mass is 540 g/mol. The molecule has 0 aliphatic heterocycles. The van der Waals surface area contributed by atoms with Crippen molar-refractivity contribution in [3.8, 4) is 45.8 Å². The summed E-state index contributed by atoms with van der Waals surface area (Å²) in [6, 6.07) is 15.0. The molecule has 1 heterocycles. The molecule has 0 unspecified atom stereocenters. The summed E-state index contributed by atoms with van der Waals surface area (Å²) in [5.41, 5.74) is 0.622. The summed E-state index contributed by atoms with van der Waals surface area (Å²) < 4.78 is 5.43. The number of fused-ring (bicyclic) bond motifs is 3. The number of phenolic OH excluding ortho intramolecular Hbond substituents is 5. The highest BCUT2D eigenvalue weighted by atomic mass is 16.4. The fourth-order valence-electron chi connectivity index (χ4n) is 4.46. The van der Waals surface area contributed by atoms with Gasteiger partial charge in [-0.1, -0.05) is 12.1 Å². The van der Waals surface area contributed by atoms with E-state index in [-0.39, 0.29) is 73.3 Å². The van der Waals surface area contributed by atoms with E-state index in [9.17, 15) is 45.0 Å². The molecule has 0 fully saturated rings. The summed E-state index contributed by atoms with van der Waals surface area (Å²) in [6.45, 7) is 1.73. The van der Waals surface area contributed by atoms with Crippen molar-refractivity contribution in [2.75, 3.05) is 0 Å². The van der Waals surface area contributed by atoms with Crippen LogP contribution in [0, 0.1) is 6.92 Å². The van der Waals surface area contributed by atoms with Gasteiger partial charge < -0.3 is 35.1 Å². The van der Waals surface area contributed by atoms with Gasteiger partial charge in [-0.3, -0.25) is 14.4 Å². The van der Waals surface area contributed by atoms with Gasteiger partial charge in [0.05, 0.1) is 16.5 Å². The molecule has 1 aliphatic rings. The van der Waals surface area contributed by atoms with Crippen molar-refractivity contribution in [3.63, 3.8) is 0 Å². The van der Waals surface area contributed by atoms with Crippen molar-refractivity contribution in [2.24, 2.45) is 0 Å². The molecular weight excluding hydrogens is 520 g/mol. The maximum absolute atomic E-state index is 12.3. The molecule has 1 aliphatic carbocycles. The minimum absolute atomic E-state index is 0.0374. The molecule has 0 saturated carbocycles. The predicted molar refractivity (Wildman–Crippen MR) is 142 cm³/mol. The Kier molecular flexibility index (Phi) is 6.15. The number of carbonyl (C=O) groups is 2. The van der Waals surface area contributed by atoms with Gasteiger partial charge in [0.15, 0.2) is 23.0 Å². The van der Waals surface area contributed by atoms with Gasteiger partial charge in [0.2, 0.25) is 17.0 Å². The molecule has 10 heteroatoms. The van der Waals surface area contributed by atoms with Gasteiger partial charge in [0, 0.05) is 22.8 Å². The van der Waals surface area contributed by atoms with E-state index in [0.29, 0.717) is 5.56 Å². The van der Waals surface area contributed by atoms with Crippen LogP contribution in [0.5, 0.6) is 34.5 Å². The van der Waals surface area contributed by atoms with E-state index in [4.69, 9.17) is 4.42 Å². The number of rotatable bonds is 1. The molecule has 6 rings (SSSR count). The number of benzene rings is 4. The van der Waals surface area contributed by atoms with Gasteiger partial charge >= 0.3 is 0 Å². The second kappa shape index (κ2) is 9.52. The van der Waals surface area contributed by atoms with Crippen molar-refractivity contribution in [1.82, 2.24) is 0 Å². The fourth-order valence-corrected chi connectivity index (χ4v) is 4.46.